The number of carbonyl (C=O) groups excluding carboxylic acids is 1. The molecule has 0 saturated carbocycles. The maximum absolute atomic E-state index is 11.8. The monoisotopic (exact) mass is 446 g/mol. The molecule has 2 unspecified atom stereocenters. The molecule has 1 aromatic carbocycles. The Hall–Kier alpha value is -1.93. The molecule has 1 spiro atoms. The number of aliphatic hydroxyl groups excluding tert-OH is 2. The number of hydrogen-bond donors (Lipinski definition) is 3. The summed E-state index contributed by atoms with van der Waals surface area (Å²) in [6.07, 6.45) is 2.85. The molecule has 2 fully saturated rings. The summed E-state index contributed by atoms with van der Waals surface area (Å²) in [6, 6.07) is 1.90. The maximum Gasteiger partial charge on any atom is 0.189 e. The lowest BCUT2D eigenvalue weighted by molar-refractivity contribution is -0.236. The molecule has 0 bridgehead atoms. The van der Waals surface area contributed by atoms with Crippen molar-refractivity contribution in [3.05, 3.63) is 29.0 Å². The van der Waals surface area contributed by atoms with E-state index in [0.29, 0.717) is 42.6 Å². The van der Waals surface area contributed by atoms with Crippen molar-refractivity contribution >= 4 is 17.3 Å². The number of phenolic OH excluding ortho intramolecular Hbond substituents is 1. The molecule has 176 valence electrons. The fraction of sp³-hybridized carbons (Fsp3) is 0.640. The number of aldehydes is 1. The highest BCUT2D eigenvalue weighted by Crippen LogP contribution is 2.51. The molecule has 2 aliphatic rings. The molecule has 3 N–H and O–H groups in total. The number of aliphatic hydroxyl groups is 2. The van der Waals surface area contributed by atoms with Gasteiger partial charge in [0.2, 0.25) is 0 Å². The first-order valence-corrected chi connectivity index (χ1v) is 11.7. The molecular weight excluding hydrogens is 412 g/mol. The van der Waals surface area contributed by atoms with E-state index in [1.54, 1.807) is 6.26 Å². The predicted molar refractivity (Wildman–Crippen MR) is 119 cm³/mol. The molecule has 2 saturated heterocycles. The van der Waals surface area contributed by atoms with Crippen molar-refractivity contribution in [1.29, 1.82) is 0 Å². The fourth-order valence-corrected chi connectivity index (χ4v) is 5.39. The largest absolute Gasteiger partial charge is 0.507 e. The predicted octanol–water partition coefficient (Wildman–Crippen LogP) is 4.05. The zero-order valence-corrected chi connectivity index (χ0v) is 19.2. The Labute approximate surface area is 188 Å². The Kier molecular flexibility index (Phi) is 6.38. The highest BCUT2D eigenvalue weighted by molar-refractivity contribution is 6.00. The highest BCUT2D eigenvalue weighted by atomic mass is 16.7. The van der Waals surface area contributed by atoms with Crippen LogP contribution in [0.2, 0.25) is 0 Å². The normalized spacial score (nSPS) is 30.8. The minimum absolute atomic E-state index is 0.0349. The molecule has 0 aliphatic carbocycles. The number of carbonyl (C=O) groups is 1. The summed E-state index contributed by atoms with van der Waals surface area (Å²) in [5.41, 5.74) is 1.04. The minimum Gasteiger partial charge on any atom is -0.507 e. The van der Waals surface area contributed by atoms with Gasteiger partial charge < -0.3 is 29.2 Å². The molecule has 32 heavy (non-hydrogen) atoms. The fourth-order valence-electron chi connectivity index (χ4n) is 5.39. The van der Waals surface area contributed by atoms with Gasteiger partial charge >= 0.3 is 0 Å². The van der Waals surface area contributed by atoms with Crippen LogP contribution in [0.3, 0.4) is 0 Å². The van der Waals surface area contributed by atoms with Gasteiger partial charge in [0.05, 0.1) is 30.1 Å². The zero-order valence-electron chi connectivity index (χ0n) is 19.2. The lowest BCUT2D eigenvalue weighted by Crippen LogP contribution is -2.53. The van der Waals surface area contributed by atoms with Crippen molar-refractivity contribution in [2.75, 3.05) is 0 Å². The standard InChI is InChI=1S/C25H34O7/c1-5-7-15(19-10-20(27)25(24(29)31-19)21(6-2)32-25)18-12-30-23-16(18)9-14(8-13(3)4)22(28)17(23)11-26/h9,11-13,15,19-21,24,27-29H,5-8,10H2,1-4H3/t15?,19-,20-,21+,24-,25?/m1/s1. The van der Waals surface area contributed by atoms with E-state index in [4.69, 9.17) is 13.9 Å². The van der Waals surface area contributed by atoms with Gasteiger partial charge in [-0.3, -0.25) is 4.79 Å². The summed E-state index contributed by atoms with van der Waals surface area (Å²) in [4.78, 5) is 11.8. The first-order valence-electron chi connectivity index (χ1n) is 11.7. The highest BCUT2D eigenvalue weighted by Gasteiger charge is 2.68. The SMILES string of the molecule is CCCC(c1coc2c(C=O)c(O)c(CC(C)C)cc12)[C@H]1C[C@@H](O)C2(O[C@H]2CC)[C@H](O)O1. The molecule has 3 heterocycles. The third kappa shape index (κ3) is 3.65. The molecule has 1 aromatic heterocycles. The number of phenols is 1. The van der Waals surface area contributed by atoms with E-state index < -0.39 is 24.1 Å². The smallest absolute Gasteiger partial charge is 0.189 e. The maximum atomic E-state index is 11.8. The van der Waals surface area contributed by atoms with Crippen LogP contribution in [0, 0.1) is 5.92 Å². The summed E-state index contributed by atoms with van der Waals surface area (Å²) < 4.78 is 17.5. The second-order valence-corrected chi connectivity index (χ2v) is 9.62. The molecule has 4 rings (SSSR count). The summed E-state index contributed by atoms with van der Waals surface area (Å²) in [5.74, 6) is 0.109. The van der Waals surface area contributed by atoms with Crippen LogP contribution < -0.4 is 0 Å². The first-order chi connectivity index (χ1) is 15.3. The van der Waals surface area contributed by atoms with Gasteiger partial charge in [0, 0.05) is 23.3 Å². The average Bonchev–Trinajstić information content (AvgIpc) is 3.36. The Morgan fingerprint density at radius 1 is 1.28 bits per heavy atom. The molecule has 7 nitrogen and oxygen atoms in total. The second kappa shape index (κ2) is 8.78. The van der Waals surface area contributed by atoms with Crippen LogP contribution >= 0.6 is 0 Å². The van der Waals surface area contributed by atoms with Gasteiger partial charge in [0.25, 0.3) is 0 Å². The van der Waals surface area contributed by atoms with Crippen LogP contribution in [-0.4, -0.2) is 51.8 Å². The summed E-state index contributed by atoms with van der Waals surface area (Å²) in [7, 11) is 0. The van der Waals surface area contributed by atoms with E-state index in [1.807, 2.05) is 13.0 Å². The number of ether oxygens (including phenoxy) is 2. The number of hydrogen-bond acceptors (Lipinski definition) is 7. The van der Waals surface area contributed by atoms with Gasteiger partial charge in [-0.2, -0.15) is 0 Å². The molecular formula is C25H34O7. The van der Waals surface area contributed by atoms with Gasteiger partial charge in [0.1, 0.15) is 11.3 Å². The quantitative estimate of drug-likeness (QED) is 0.414. The minimum atomic E-state index is -1.20. The van der Waals surface area contributed by atoms with E-state index >= 15 is 0 Å². The third-order valence-corrected chi connectivity index (χ3v) is 7.01. The van der Waals surface area contributed by atoms with Gasteiger partial charge in [-0.15, -0.1) is 0 Å². The third-order valence-electron chi connectivity index (χ3n) is 7.01. The molecule has 7 heteroatoms. The van der Waals surface area contributed by atoms with Crippen molar-refractivity contribution < 1.29 is 34.0 Å². The number of fused-ring (bicyclic) bond motifs is 1. The Morgan fingerprint density at radius 2 is 2.03 bits per heavy atom. The van der Waals surface area contributed by atoms with Gasteiger partial charge in [0.15, 0.2) is 18.2 Å². The van der Waals surface area contributed by atoms with E-state index in [1.165, 1.54) is 0 Å². The van der Waals surface area contributed by atoms with Crippen LogP contribution in [0.25, 0.3) is 11.0 Å². The van der Waals surface area contributed by atoms with Gasteiger partial charge in [-0.05, 0) is 36.8 Å². The molecule has 0 amide bonds. The summed E-state index contributed by atoms with van der Waals surface area (Å²) in [6.45, 7) is 8.13. The number of rotatable bonds is 8. The van der Waals surface area contributed by atoms with Gasteiger partial charge in [-0.25, -0.2) is 0 Å². The first kappa shape index (κ1) is 23.2. The average molecular weight is 447 g/mol. The van der Waals surface area contributed by atoms with E-state index in [0.717, 1.165) is 23.8 Å². The molecule has 6 atom stereocenters. The molecule has 2 aliphatic heterocycles. The van der Waals surface area contributed by atoms with E-state index in [9.17, 15) is 20.1 Å². The van der Waals surface area contributed by atoms with Crippen molar-refractivity contribution in [3.63, 3.8) is 0 Å². The van der Waals surface area contributed by atoms with Crippen LogP contribution in [0.1, 0.15) is 80.8 Å². The topological polar surface area (TPSA) is 113 Å². The van der Waals surface area contributed by atoms with Crippen LogP contribution in [0.4, 0.5) is 0 Å². The number of aromatic hydroxyl groups is 1. The Balaban J connectivity index is 1.73. The summed E-state index contributed by atoms with van der Waals surface area (Å²) in [5, 5.41) is 33.0. The van der Waals surface area contributed by atoms with E-state index in [-0.39, 0.29) is 23.3 Å². The van der Waals surface area contributed by atoms with Crippen molar-refractivity contribution in [3.8, 4) is 5.75 Å². The van der Waals surface area contributed by atoms with Crippen LogP contribution in [-0.2, 0) is 15.9 Å². The molecule has 0 radical (unpaired) electrons. The number of benzene rings is 1. The van der Waals surface area contributed by atoms with Crippen molar-refractivity contribution in [2.24, 2.45) is 5.92 Å². The number of furan rings is 1. The van der Waals surface area contributed by atoms with E-state index in [2.05, 4.69) is 20.8 Å². The van der Waals surface area contributed by atoms with Gasteiger partial charge in [-0.1, -0.05) is 34.1 Å². The number of epoxide rings is 1. The lowest BCUT2D eigenvalue weighted by Gasteiger charge is -2.39. The lowest BCUT2D eigenvalue weighted by atomic mass is 9.80. The van der Waals surface area contributed by atoms with Crippen molar-refractivity contribution in [2.45, 2.75) is 95.9 Å². The van der Waals surface area contributed by atoms with Crippen LogP contribution in [0.5, 0.6) is 5.75 Å². The Morgan fingerprint density at radius 3 is 2.59 bits per heavy atom. The molecule has 2 aromatic rings. The zero-order chi connectivity index (χ0) is 23.2. The van der Waals surface area contributed by atoms with Crippen molar-refractivity contribution in [1.82, 2.24) is 0 Å². The second-order valence-electron chi connectivity index (χ2n) is 9.62. The van der Waals surface area contributed by atoms with Crippen LogP contribution in [0.15, 0.2) is 16.7 Å². The Bertz CT molecular complexity index is 966. The summed E-state index contributed by atoms with van der Waals surface area (Å²) >= 11 is 0.